The van der Waals surface area contributed by atoms with Crippen molar-refractivity contribution in [1.82, 2.24) is 4.90 Å². The number of rotatable bonds is 3. The summed E-state index contributed by atoms with van der Waals surface area (Å²) in [6.45, 7) is 1.03. The lowest BCUT2D eigenvalue weighted by Gasteiger charge is -2.31. The number of carbonyl (C=O) groups is 1. The van der Waals surface area contributed by atoms with Crippen LogP contribution in [0, 0.1) is 5.92 Å². The van der Waals surface area contributed by atoms with Crippen molar-refractivity contribution in [2.24, 2.45) is 5.92 Å². The van der Waals surface area contributed by atoms with Crippen molar-refractivity contribution in [1.29, 1.82) is 0 Å². The SMILES string of the molecule is O=C(O)N1CCC(Cc2ccc(C(F)(F)F)cc2C2CCCC2)CC1. The van der Waals surface area contributed by atoms with Crippen molar-refractivity contribution < 1.29 is 23.1 Å². The molecule has 1 aliphatic heterocycles. The number of amides is 1. The second-order valence-electron chi connectivity index (χ2n) is 7.31. The lowest BCUT2D eigenvalue weighted by molar-refractivity contribution is -0.137. The van der Waals surface area contributed by atoms with Crippen LogP contribution in [0.2, 0.25) is 0 Å². The first kappa shape index (κ1) is 18.1. The molecule has 0 aromatic heterocycles. The van der Waals surface area contributed by atoms with Crippen LogP contribution in [-0.2, 0) is 12.6 Å². The van der Waals surface area contributed by atoms with Gasteiger partial charge in [-0.3, -0.25) is 0 Å². The fourth-order valence-electron chi connectivity index (χ4n) is 4.21. The highest BCUT2D eigenvalue weighted by Gasteiger charge is 2.33. The zero-order valence-electron chi connectivity index (χ0n) is 14.2. The maximum absolute atomic E-state index is 13.1. The molecule has 1 aliphatic carbocycles. The van der Waals surface area contributed by atoms with Crippen LogP contribution in [-0.4, -0.2) is 29.2 Å². The Bertz CT molecular complexity index is 616. The molecular weight excluding hydrogens is 331 g/mol. The predicted molar refractivity (Wildman–Crippen MR) is 88.7 cm³/mol. The summed E-state index contributed by atoms with van der Waals surface area (Å²) >= 11 is 0. The minimum atomic E-state index is -4.31. The number of benzene rings is 1. The molecule has 1 saturated heterocycles. The van der Waals surface area contributed by atoms with Crippen molar-refractivity contribution in [3.05, 3.63) is 34.9 Å². The molecule has 0 atom stereocenters. The Morgan fingerprint density at radius 3 is 2.32 bits per heavy atom. The van der Waals surface area contributed by atoms with Gasteiger partial charge in [-0.05, 0) is 67.2 Å². The van der Waals surface area contributed by atoms with Gasteiger partial charge >= 0.3 is 12.3 Å². The molecule has 0 unspecified atom stereocenters. The molecule has 2 aliphatic rings. The molecule has 1 amide bonds. The van der Waals surface area contributed by atoms with Crippen LogP contribution in [0.4, 0.5) is 18.0 Å². The molecule has 6 heteroatoms. The number of hydrogen-bond acceptors (Lipinski definition) is 1. The van der Waals surface area contributed by atoms with Crippen LogP contribution < -0.4 is 0 Å². The summed E-state index contributed by atoms with van der Waals surface area (Å²) in [5.74, 6) is 0.573. The number of alkyl halides is 3. The molecule has 1 saturated carbocycles. The van der Waals surface area contributed by atoms with Gasteiger partial charge in [0.15, 0.2) is 0 Å². The Labute approximate surface area is 145 Å². The first-order chi connectivity index (χ1) is 11.8. The normalized spacial score (nSPS) is 20.2. The zero-order valence-corrected chi connectivity index (χ0v) is 14.2. The van der Waals surface area contributed by atoms with Crippen LogP contribution in [0.1, 0.15) is 61.1 Å². The fourth-order valence-corrected chi connectivity index (χ4v) is 4.21. The van der Waals surface area contributed by atoms with Gasteiger partial charge < -0.3 is 10.0 Å². The summed E-state index contributed by atoms with van der Waals surface area (Å²) in [6.07, 6.45) is 1.19. The average Bonchev–Trinajstić information content (AvgIpc) is 3.09. The van der Waals surface area contributed by atoms with E-state index in [9.17, 15) is 18.0 Å². The number of likely N-dealkylation sites (tertiary alicyclic amines) is 1. The van der Waals surface area contributed by atoms with Crippen molar-refractivity contribution in [3.63, 3.8) is 0 Å². The molecule has 138 valence electrons. The maximum Gasteiger partial charge on any atom is 0.416 e. The van der Waals surface area contributed by atoms with E-state index in [1.807, 2.05) is 0 Å². The largest absolute Gasteiger partial charge is 0.465 e. The van der Waals surface area contributed by atoms with Gasteiger partial charge in [0.05, 0.1) is 5.56 Å². The van der Waals surface area contributed by atoms with Gasteiger partial charge in [0.25, 0.3) is 0 Å². The Hall–Kier alpha value is -1.72. The summed E-state index contributed by atoms with van der Waals surface area (Å²) in [5, 5.41) is 9.03. The van der Waals surface area contributed by atoms with E-state index in [-0.39, 0.29) is 5.92 Å². The predicted octanol–water partition coefficient (Wildman–Crippen LogP) is 5.30. The smallest absolute Gasteiger partial charge is 0.416 e. The third-order valence-electron chi connectivity index (χ3n) is 5.66. The maximum atomic E-state index is 13.1. The topological polar surface area (TPSA) is 40.5 Å². The molecular formula is C19H24F3NO2. The molecule has 2 fully saturated rings. The number of hydrogen-bond donors (Lipinski definition) is 1. The lowest BCUT2D eigenvalue weighted by Crippen LogP contribution is -2.37. The van der Waals surface area contributed by atoms with E-state index in [0.29, 0.717) is 19.0 Å². The quantitative estimate of drug-likeness (QED) is 0.800. The molecule has 25 heavy (non-hydrogen) atoms. The first-order valence-electron chi connectivity index (χ1n) is 9.02. The number of halogens is 3. The van der Waals surface area contributed by atoms with Crippen molar-refractivity contribution in [3.8, 4) is 0 Å². The van der Waals surface area contributed by atoms with Gasteiger partial charge in [-0.1, -0.05) is 18.9 Å². The molecule has 1 aromatic carbocycles. The van der Waals surface area contributed by atoms with Gasteiger partial charge in [0, 0.05) is 13.1 Å². The zero-order chi connectivity index (χ0) is 18.0. The third kappa shape index (κ3) is 4.28. The molecule has 0 bridgehead atoms. The van der Waals surface area contributed by atoms with Crippen molar-refractivity contribution in [2.45, 2.75) is 57.0 Å². The minimum Gasteiger partial charge on any atom is -0.465 e. The van der Waals surface area contributed by atoms with E-state index in [2.05, 4.69) is 0 Å². The van der Waals surface area contributed by atoms with E-state index in [1.54, 1.807) is 6.07 Å². The first-order valence-corrected chi connectivity index (χ1v) is 9.02. The van der Waals surface area contributed by atoms with Crippen molar-refractivity contribution in [2.75, 3.05) is 13.1 Å². The highest BCUT2D eigenvalue weighted by atomic mass is 19.4. The van der Waals surface area contributed by atoms with Gasteiger partial charge in [0.2, 0.25) is 0 Å². The highest BCUT2D eigenvalue weighted by molar-refractivity contribution is 5.65. The van der Waals surface area contributed by atoms with Crippen LogP contribution in [0.5, 0.6) is 0 Å². The number of nitrogens with zero attached hydrogens (tertiary/aromatic N) is 1. The Morgan fingerprint density at radius 1 is 1.12 bits per heavy atom. The second kappa shape index (κ2) is 7.26. The fraction of sp³-hybridized carbons (Fsp3) is 0.632. The molecule has 3 nitrogen and oxygen atoms in total. The monoisotopic (exact) mass is 355 g/mol. The molecule has 1 aromatic rings. The van der Waals surface area contributed by atoms with Crippen LogP contribution >= 0.6 is 0 Å². The van der Waals surface area contributed by atoms with Crippen LogP contribution in [0.15, 0.2) is 18.2 Å². The summed E-state index contributed by atoms with van der Waals surface area (Å²) in [4.78, 5) is 12.4. The van der Waals surface area contributed by atoms with E-state index in [1.165, 1.54) is 17.0 Å². The summed E-state index contributed by atoms with van der Waals surface area (Å²) in [5.41, 5.74) is 1.33. The van der Waals surface area contributed by atoms with Gasteiger partial charge in [-0.25, -0.2) is 4.79 Å². The van der Waals surface area contributed by atoms with Gasteiger partial charge in [0.1, 0.15) is 0 Å². The molecule has 0 spiro atoms. The second-order valence-corrected chi connectivity index (χ2v) is 7.31. The van der Waals surface area contributed by atoms with E-state index in [4.69, 9.17) is 5.11 Å². The molecule has 0 radical (unpaired) electrons. The van der Waals surface area contributed by atoms with E-state index >= 15 is 0 Å². The van der Waals surface area contributed by atoms with E-state index < -0.39 is 17.8 Å². The Balaban J connectivity index is 1.77. The Morgan fingerprint density at radius 2 is 1.76 bits per heavy atom. The van der Waals surface area contributed by atoms with Gasteiger partial charge in [-0.2, -0.15) is 13.2 Å². The minimum absolute atomic E-state index is 0.233. The van der Waals surface area contributed by atoms with Crippen LogP contribution in [0.25, 0.3) is 0 Å². The molecule has 1 N–H and O–H groups in total. The molecule has 1 heterocycles. The third-order valence-corrected chi connectivity index (χ3v) is 5.66. The number of carboxylic acid groups (broad SMARTS) is 1. The van der Waals surface area contributed by atoms with Gasteiger partial charge in [-0.15, -0.1) is 0 Å². The lowest BCUT2D eigenvalue weighted by atomic mass is 9.84. The van der Waals surface area contributed by atoms with E-state index in [0.717, 1.165) is 56.1 Å². The Kier molecular flexibility index (Phi) is 5.25. The average molecular weight is 355 g/mol. The summed E-state index contributed by atoms with van der Waals surface area (Å²) < 4.78 is 39.3. The van der Waals surface area contributed by atoms with Crippen LogP contribution in [0.3, 0.4) is 0 Å². The number of piperidine rings is 1. The van der Waals surface area contributed by atoms with Crippen molar-refractivity contribution >= 4 is 6.09 Å². The summed E-state index contributed by atoms with van der Waals surface area (Å²) in [7, 11) is 0. The highest BCUT2D eigenvalue weighted by Crippen LogP contribution is 2.40. The summed E-state index contributed by atoms with van der Waals surface area (Å²) in [6, 6.07) is 4.21. The standard InChI is InChI=1S/C19H24F3NO2/c20-19(21,22)16-6-5-15(17(12-16)14-3-1-2-4-14)11-13-7-9-23(10-8-13)18(24)25/h5-6,12-14H,1-4,7-11H2,(H,24,25). The molecule has 3 rings (SSSR count).